The van der Waals surface area contributed by atoms with Crippen LogP contribution in [0.1, 0.15) is 14.5 Å². The Morgan fingerprint density at radius 1 is 1.06 bits per heavy atom. The molecule has 5 nitrogen and oxygen atoms in total. The van der Waals surface area contributed by atoms with Crippen molar-refractivity contribution < 1.29 is 13.9 Å². The third-order valence-electron chi connectivity index (χ3n) is 1.91. The van der Waals surface area contributed by atoms with E-state index in [1.54, 1.807) is 0 Å². The number of carbonyl (C=O) groups excluding carboxylic acids is 1. The highest BCUT2D eigenvalue weighted by Gasteiger charge is 2.21. The summed E-state index contributed by atoms with van der Waals surface area (Å²) < 4.78 is 23.3. The van der Waals surface area contributed by atoms with Crippen molar-refractivity contribution in [3.8, 4) is 0 Å². The fourth-order valence-corrected chi connectivity index (χ4v) is 4.26. The molecule has 0 aliphatic heterocycles. The van der Waals surface area contributed by atoms with Gasteiger partial charge in [0, 0.05) is 22.4 Å². The fraction of sp³-hybridized carbons (Fsp3) is 0.222. The summed E-state index contributed by atoms with van der Waals surface area (Å²) in [5.74, 6) is -0.224. The van der Waals surface area contributed by atoms with Gasteiger partial charge in [-0.15, -0.1) is 0 Å². The Morgan fingerprint density at radius 3 is 1.72 bits per heavy atom. The van der Waals surface area contributed by atoms with Crippen molar-refractivity contribution in [2.75, 3.05) is 12.5 Å². The number of nitrogens with zero attached hydrogens (tertiary/aromatic N) is 2. The molecule has 0 spiro atoms. The summed E-state index contributed by atoms with van der Waals surface area (Å²) in [5, 5.41) is 0. The van der Waals surface area contributed by atoms with Crippen LogP contribution >= 0.6 is 22.7 Å². The highest BCUT2D eigenvalue weighted by molar-refractivity contribution is 7.93. The minimum absolute atomic E-state index is 0.224. The molecule has 0 saturated carbocycles. The van der Waals surface area contributed by atoms with E-state index in [0.29, 0.717) is 18.4 Å². The maximum absolute atomic E-state index is 12.1. The Balaban J connectivity index is 2.24. The molecule has 2 rings (SSSR count). The van der Waals surface area contributed by atoms with Gasteiger partial charge < -0.3 is 9.11 Å². The molecule has 0 aromatic carbocycles. The fourth-order valence-electron chi connectivity index (χ4n) is 1.11. The first-order valence-electron chi connectivity index (χ1n) is 4.62. The quantitative estimate of drug-likeness (QED) is 0.626. The summed E-state index contributed by atoms with van der Waals surface area (Å²) in [6, 6.07) is 0. The first kappa shape index (κ1) is 14.0. The van der Waals surface area contributed by atoms with Crippen molar-refractivity contribution in [1.29, 1.82) is 0 Å². The number of carbonyl (C=O) groups is 1. The van der Waals surface area contributed by atoms with Gasteiger partial charge in [0.05, 0.1) is 12.4 Å². The number of ketones is 1. The zero-order valence-electron chi connectivity index (χ0n) is 9.41. The lowest BCUT2D eigenvalue weighted by molar-refractivity contribution is 0.104. The molecule has 0 fully saturated rings. The lowest BCUT2D eigenvalue weighted by Crippen LogP contribution is -1.96. The summed E-state index contributed by atoms with van der Waals surface area (Å²) in [5.41, 5.74) is 0. The van der Waals surface area contributed by atoms with Crippen LogP contribution in [0.5, 0.6) is 0 Å². The first-order valence-corrected chi connectivity index (χ1v) is 9.37. The standard InChI is InChI=1S/C9H8N2O3S4/c1-17(13)8-10-3-5(15-8)7(12)6-4-11-9(16-6)18(2)14/h3-4H,1-2H3. The van der Waals surface area contributed by atoms with Gasteiger partial charge in [0.1, 0.15) is 22.3 Å². The van der Waals surface area contributed by atoms with Gasteiger partial charge >= 0.3 is 8.68 Å². The van der Waals surface area contributed by atoms with Gasteiger partial charge in [0.15, 0.2) is 0 Å². The van der Waals surface area contributed by atoms with E-state index in [1.807, 2.05) is 0 Å². The normalized spacial score (nSPS) is 14.4. The Kier molecular flexibility index (Phi) is 4.41. The van der Waals surface area contributed by atoms with Crippen LogP contribution in [0.3, 0.4) is 0 Å². The molecule has 96 valence electrons. The summed E-state index contributed by atoms with van der Waals surface area (Å²) in [6.45, 7) is 0. The van der Waals surface area contributed by atoms with E-state index in [2.05, 4.69) is 9.97 Å². The predicted octanol–water partition coefficient (Wildman–Crippen LogP) is 1.31. The molecule has 0 radical (unpaired) electrons. The average Bonchev–Trinajstić information content (AvgIpc) is 2.97. The summed E-state index contributed by atoms with van der Waals surface area (Å²) in [7, 11) is 0. The van der Waals surface area contributed by atoms with Crippen LogP contribution in [0, 0.1) is 0 Å². The molecule has 2 aromatic heterocycles. The van der Waals surface area contributed by atoms with E-state index in [4.69, 9.17) is 0 Å². The molecule has 2 aromatic rings. The molecule has 0 bridgehead atoms. The smallest absolute Gasteiger partial charge is 0.301 e. The molecule has 0 amide bonds. The van der Waals surface area contributed by atoms with Gasteiger partial charge in [0.2, 0.25) is 5.78 Å². The zero-order chi connectivity index (χ0) is 13.3. The third kappa shape index (κ3) is 2.92. The molecule has 2 unspecified atom stereocenters. The van der Waals surface area contributed by atoms with E-state index >= 15 is 0 Å². The number of aromatic nitrogens is 2. The van der Waals surface area contributed by atoms with Gasteiger partial charge in [0.25, 0.3) is 0 Å². The van der Waals surface area contributed by atoms with Gasteiger partial charge in [-0.2, -0.15) is 9.97 Å². The zero-order valence-corrected chi connectivity index (χ0v) is 12.7. The molecule has 0 aliphatic rings. The molecular weight excluding hydrogens is 312 g/mol. The maximum atomic E-state index is 12.1. The van der Waals surface area contributed by atoms with Crippen LogP contribution in [-0.4, -0.2) is 37.4 Å². The highest BCUT2D eigenvalue weighted by Crippen LogP contribution is 2.25. The van der Waals surface area contributed by atoms with Gasteiger partial charge in [-0.05, 0) is 0 Å². The Labute approximate surface area is 118 Å². The number of rotatable bonds is 4. The van der Waals surface area contributed by atoms with E-state index in [1.165, 1.54) is 24.9 Å². The molecule has 9 heteroatoms. The van der Waals surface area contributed by atoms with Crippen molar-refractivity contribution in [1.82, 2.24) is 9.97 Å². The lowest BCUT2D eigenvalue weighted by Gasteiger charge is -1.96. The van der Waals surface area contributed by atoms with Crippen LogP contribution in [0.25, 0.3) is 0 Å². The van der Waals surface area contributed by atoms with Crippen molar-refractivity contribution in [3.63, 3.8) is 0 Å². The van der Waals surface area contributed by atoms with Crippen LogP contribution < -0.4 is 0 Å². The minimum Gasteiger partial charge on any atom is -0.610 e. The predicted molar refractivity (Wildman–Crippen MR) is 72.3 cm³/mol. The van der Waals surface area contributed by atoms with Crippen molar-refractivity contribution in [3.05, 3.63) is 22.1 Å². The number of hydrogen-bond donors (Lipinski definition) is 0. The molecule has 0 saturated heterocycles. The average molecular weight is 320 g/mol. The second-order valence-corrected chi connectivity index (χ2v) is 8.39. The highest BCUT2D eigenvalue weighted by atomic mass is 32.2. The molecule has 0 N–H and O–H groups in total. The van der Waals surface area contributed by atoms with Gasteiger partial charge in [-0.1, -0.05) is 22.7 Å². The van der Waals surface area contributed by atoms with Gasteiger partial charge in [-0.3, -0.25) is 4.79 Å². The van der Waals surface area contributed by atoms with Crippen LogP contribution in [0.2, 0.25) is 0 Å². The number of thiazole rings is 2. The summed E-state index contributed by atoms with van der Waals surface area (Å²) in [6.07, 6.45) is 5.84. The second-order valence-electron chi connectivity index (χ2n) is 3.22. The number of hydrogen-bond acceptors (Lipinski definition) is 7. The SMILES string of the molecule is C[S+]([O-])c1ncc(C(=O)c2cnc([S+](C)[O-])s2)s1. The lowest BCUT2D eigenvalue weighted by atomic mass is 10.3. The second kappa shape index (κ2) is 5.68. The Bertz CT molecular complexity index is 515. The molecule has 2 atom stereocenters. The topological polar surface area (TPSA) is 89.0 Å². The Morgan fingerprint density at radius 2 is 1.44 bits per heavy atom. The van der Waals surface area contributed by atoms with Crippen molar-refractivity contribution >= 4 is 50.8 Å². The van der Waals surface area contributed by atoms with E-state index < -0.39 is 22.4 Å². The monoisotopic (exact) mass is 320 g/mol. The molecule has 2 heterocycles. The summed E-state index contributed by atoms with van der Waals surface area (Å²) in [4.78, 5) is 20.7. The van der Waals surface area contributed by atoms with Crippen LogP contribution in [-0.2, 0) is 22.4 Å². The van der Waals surface area contributed by atoms with Crippen LogP contribution in [0.15, 0.2) is 21.1 Å². The maximum Gasteiger partial charge on any atom is 0.301 e. The van der Waals surface area contributed by atoms with Crippen molar-refractivity contribution in [2.45, 2.75) is 8.68 Å². The third-order valence-corrected chi connectivity index (χ3v) is 6.59. The molecular formula is C9H8N2O3S4. The largest absolute Gasteiger partial charge is 0.610 e. The van der Waals surface area contributed by atoms with Gasteiger partial charge in [-0.25, -0.2) is 0 Å². The van der Waals surface area contributed by atoms with E-state index in [0.717, 1.165) is 22.7 Å². The van der Waals surface area contributed by atoms with E-state index in [9.17, 15) is 13.9 Å². The molecule has 18 heavy (non-hydrogen) atoms. The van der Waals surface area contributed by atoms with E-state index in [-0.39, 0.29) is 5.78 Å². The Hall–Kier alpha value is -0.450. The van der Waals surface area contributed by atoms with Crippen LogP contribution in [0.4, 0.5) is 0 Å². The van der Waals surface area contributed by atoms with Crippen molar-refractivity contribution in [2.24, 2.45) is 0 Å². The summed E-state index contributed by atoms with van der Waals surface area (Å²) >= 11 is -0.170. The first-order chi connectivity index (χ1) is 8.49. The molecule has 0 aliphatic carbocycles. The minimum atomic E-state index is -1.19.